The number of carboxylic acid groups (broad SMARTS) is 1. The SMILES string of the molecule is CC/C=C\C[C@H]1[C@H](CC(=O)[C@H](O)CCCCCCCC(=O)O)O[C@@]2(O)CC13C(=CC2=O)NC[C@@H]3O. The zero-order valence-corrected chi connectivity index (χ0v) is 20.4. The maximum absolute atomic E-state index is 12.9. The van der Waals surface area contributed by atoms with Gasteiger partial charge < -0.3 is 30.5 Å². The van der Waals surface area contributed by atoms with Gasteiger partial charge in [0.15, 0.2) is 5.78 Å². The van der Waals surface area contributed by atoms with Crippen LogP contribution in [0.3, 0.4) is 0 Å². The molecule has 3 rings (SSSR count). The summed E-state index contributed by atoms with van der Waals surface area (Å²) in [6.07, 6.45) is 7.61. The van der Waals surface area contributed by atoms with Crippen LogP contribution in [0.15, 0.2) is 23.9 Å². The quantitative estimate of drug-likeness (QED) is 0.181. The van der Waals surface area contributed by atoms with Crippen LogP contribution in [0.1, 0.15) is 77.6 Å². The van der Waals surface area contributed by atoms with Crippen LogP contribution in [-0.4, -0.2) is 68.6 Å². The molecule has 6 atom stereocenters. The molecular weight excluding hydrogens is 454 g/mol. The highest BCUT2D eigenvalue weighted by Crippen LogP contribution is 2.57. The normalized spacial score (nSPS) is 32.7. The number of carbonyl (C=O) groups is 3. The fraction of sp³-hybridized carbons (Fsp3) is 0.731. The van der Waals surface area contributed by atoms with Crippen LogP contribution in [0.4, 0.5) is 0 Å². The monoisotopic (exact) mass is 493 g/mol. The van der Waals surface area contributed by atoms with E-state index in [0.717, 1.165) is 25.7 Å². The Hall–Kier alpha value is -2.07. The van der Waals surface area contributed by atoms with Crippen molar-refractivity contribution in [1.82, 2.24) is 5.32 Å². The van der Waals surface area contributed by atoms with Gasteiger partial charge in [-0.2, -0.15) is 0 Å². The van der Waals surface area contributed by atoms with Crippen molar-refractivity contribution in [2.75, 3.05) is 6.54 Å². The van der Waals surface area contributed by atoms with E-state index in [9.17, 15) is 29.7 Å². The smallest absolute Gasteiger partial charge is 0.303 e. The van der Waals surface area contributed by atoms with Crippen molar-refractivity contribution in [3.63, 3.8) is 0 Å². The van der Waals surface area contributed by atoms with Crippen LogP contribution in [0.25, 0.3) is 0 Å². The van der Waals surface area contributed by atoms with Gasteiger partial charge in [0.05, 0.1) is 12.2 Å². The first-order chi connectivity index (χ1) is 16.6. The summed E-state index contributed by atoms with van der Waals surface area (Å²) in [6, 6.07) is 0. The van der Waals surface area contributed by atoms with Crippen LogP contribution < -0.4 is 5.32 Å². The number of aliphatic hydroxyl groups excluding tert-OH is 2. The summed E-state index contributed by atoms with van der Waals surface area (Å²) in [6.45, 7) is 2.25. The molecule has 3 aliphatic rings. The van der Waals surface area contributed by atoms with Crippen molar-refractivity contribution in [2.45, 2.75) is 102 Å². The number of aliphatic hydroxyl groups is 3. The molecule has 1 unspecified atom stereocenters. The molecule has 5 N–H and O–H groups in total. The van der Waals surface area contributed by atoms with E-state index in [1.54, 1.807) is 0 Å². The third-order valence-corrected chi connectivity index (χ3v) is 7.67. The molecule has 0 saturated carbocycles. The number of ether oxygens (including phenoxy) is 1. The average Bonchev–Trinajstić information content (AvgIpc) is 3.10. The second-order valence-electron chi connectivity index (χ2n) is 10.1. The minimum Gasteiger partial charge on any atom is -0.481 e. The van der Waals surface area contributed by atoms with E-state index in [1.807, 2.05) is 19.1 Å². The second kappa shape index (κ2) is 11.8. The molecule has 0 radical (unpaired) electrons. The molecule has 2 bridgehead atoms. The molecule has 9 nitrogen and oxygen atoms in total. The minimum atomic E-state index is -2.10. The van der Waals surface area contributed by atoms with Crippen LogP contribution >= 0.6 is 0 Å². The second-order valence-corrected chi connectivity index (χ2v) is 10.1. The molecule has 2 saturated heterocycles. The maximum Gasteiger partial charge on any atom is 0.303 e. The first-order valence-electron chi connectivity index (χ1n) is 12.8. The number of carbonyl (C=O) groups excluding carboxylic acids is 2. The molecule has 35 heavy (non-hydrogen) atoms. The van der Waals surface area contributed by atoms with E-state index in [4.69, 9.17) is 9.84 Å². The van der Waals surface area contributed by atoms with E-state index in [-0.39, 0.29) is 38.1 Å². The molecule has 1 spiro atoms. The summed E-state index contributed by atoms with van der Waals surface area (Å²) in [5.41, 5.74) is -0.344. The molecule has 0 aromatic heterocycles. The van der Waals surface area contributed by atoms with Gasteiger partial charge in [-0.3, -0.25) is 14.4 Å². The first-order valence-corrected chi connectivity index (χ1v) is 12.8. The van der Waals surface area contributed by atoms with Gasteiger partial charge in [0.2, 0.25) is 11.6 Å². The van der Waals surface area contributed by atoms with Gasteiger partial charge in [-0.15, -0.1) is 0 Å². The summed E-state index contributed by atoms with van der Waals surface area (Å²) >= 11 is 0. The Labute approximate surface area is 206 Å². The lowest BCUT2D eigenvalue weighted by Gasteiger charge is -2.54. The molecule has 196 valence electrons. The van der Waals surface area contributed by atoms with Gasteiger partial charge >= 0.3 is 5.97 Å². The topological polar surface area (TPSA) is 153 Å². The number of Topliss-reactive ketones (excluding diaryl/α,β-unsaturated/α-hetero) is 1. The standard InChI is InChI=1S/C26H39NO8/c1-2-3-7-10-17-20(13-19(29)18(28)11-8-5-4-6-9-12-24(32)33)35-26(34)16-25(17)21(14-22(26)30)27-15-23(25)31/h3,7,14,17-18,20,23,27-28,31,34H,2,4-6,8-13,15-16H2,1H3,(H,32,33)/b7-3-/t17-,18+,20-,23-,25?,26-/m0/s1. The van der Waals surface area contributed by atoms with E-state index in [1.165, 1.54) is 6.08 Å². The number of nitrogens with one attached hydrogen (secondary N) is 1. The van der Waals surface area contributed by atoms with E-state index >= 15 is 0 Å². The minimum absolute atomic E-state index is 0.0708. The first kappa shape index (κ1) is 27.5. The van der Waals surface area contributed by atoms with Crippen molar-refractivity contribution >= 4 is 17.5 Å². The van der Waals surface area contributed by atoms with Crippen molar-refractivity contribution in [1.29, 1.82) is 0 Å². The summed E-state index contributed by atoms with van der Waals surface area (Å²) in [7, 11) is 0. The Bertz CT molecular complexity index is 854. The highest BCUT2D eigenvalue weighted by molar-refractivity contribution is 5.98. The van der Waals surface area contributed by atoms with Gasteiger partial charge in [-0.05, 0) is 25.7 Å². The third kappa shape index (κ3) is 6.02. The van der Waals surface area contributed by atoms with Gasteiger partial charge in [0.25, 0.3) is 0 Å². The highest BCUT2D eigenvalue weighted by Gasteiger charge is 2.66. The molecule has 2 heterocycles. The van der Waals surface area contributed by atoms with E-state index < -0.39 is 47.0 Å². The summed E-state index contributed by atoms with van der Waals surface area (Å²) in [4.78, 5) is 36.1. The van der Waals surface area contributed by atoms with Crippen LogP contribution in [-0.2, 0) is 19.1 Å². The summed E-state index contributed by atoms with van der Waals surface area (Å²) in [5.74, 6) is -4.29. The Kier molecular flexibility index (Phi) is 9.26. The Morgan fingerprint density at radius 1 is 1.23 bits per heavy atom. The predicted octanol–water partition coefficient (Wildman–Crippen LogP) is 1.99. The number of ketones is 2. The molecular formula is C26H39NO8. The Morgan fingerprint density at radius 2 is 1.94 bits per heavy atom. The lowest BCUT2D eigenvalue weighted by atomic mass is 9.58. The number of rotatable bonds is 14. The third-order valence-electron chi connectivity index (χ3n) is 7.67. The Balaban J connectivity index is 1.66. The van der Waals surface area contributed by atoms with Gasteiger partial charge in [0.1, 0.15) is 6.10 Å². The van der Waals surface area contributed by atoms with E-state index in [0.29, 0.717) is 25.0 Å². The maximum atomic E-state index is 12.9. The molecule has 9 heteroatoms. The fourth-order valence-electron chi connectivity index (χ4n) is 5.80. The number of aliphatic carboxylic acids is 1. The van der Waals surface area contributed by atoms with Crippen molar-refractivity contribution in [2.24, 2.45) is 11.3 Å². The highest BCUT2D eigenvalue weighted by atomic mass is 16.6. The number of β-amino-alcohol motifs (C(OH)–C–C–N with tert-alkyl or cyclic N) is 1. The number of hydrogen-bond donors (Lipinski definition) is 5. The van der Waals surface area contributed by atoms with Gasteiger partial charge in [-0.25, -0.2) is 0 Å². The zero-order valence-electron chi connectivity index (χ0n) is 20.4. The number of hydrogen-bond acceptors (Lipinski definition) is 8. The molecule has 0 aromatic rings. The van der Waals surface area contributed by atoms with E-state index in [2.05, 4.69) is 5.32 Å². The number of allylic oxidation sites excluding steroid dienone is 2. The van der Waals surface area contributed by atoms with Crippen molar-refractivity contribution < 1.29 is 39.5 Å². The zero-order chi connectivity index (χ0) is 25.6. The molecule has 2 aliphatic heterocycles. The largest absolute Gasteiger partial charge is 0.481 e. The molecule has 0 aromatic carbocycles. The summed E-state index contributed by atoms with van der Waals surface area (Å²) < 4.78 is 5.87. The fourth-order valence-corrected chi connectivity index (χ4v) is 5.80. The number of unbranched alkanes of at least 4 members (excludes halogenated alkanes) is 4. The lowest BCUT2D eigenvalue weighted by Crippen LogP contribution is -2.63. The number of carboxylic acids is 1. The van der Waals surface area contributed by atoms with Crippen LogP contribution in [0, 0.1) is 11.3 Å². The lowest BCUT2D eigenvalue weighted by molar-refractivity contribution is -0.286. The Morgan fingerprint density at radius 3 is 2.66 bits per heavy atom. The molecule has 2 fully saturated rings. The van der Waals surface area contributed by atoms with Crippen molar-refractivity contribution in [3.8, 4) is 0 Å². The number of fused-ring (bicyclic) bond motifs is 1. The van der Waals surface area contributed by atoms with Crippen LogP contribution in [0.2, 0.25) is 0 Å². The predicted molar refractivity (Wildman–Crippen MR) is 127 cm³/mol. The van der Waals surface area contributed by atoms with Crippen LogP contribution in [0.5, 0.6) is 0 Å². The van der Waals surface area contributed by atoms with Crippen molar-refractivity contribution in [3.05, 3.63) is 23.9 Å². The average molecular weight is 494 g/mol. The molecule has 1 aliphatic carbocycles. The molecule has 0 amide bonds. The summed E-state index contributed by atoms with van der Waals surface area (Å²) in [5, 5.41) is 44.3. The van der Waals surface area contributed by atoms with Gasteiger partial charge in [0, 0.05) is 48.9 Å². The van der Waals surface area contributed by atoms with Gasteiger partial charge in [-0.1, -0.05) is 44.8 Å².